The third kappa shape index (κ3) is 5.30. The molecular formula is C24H28Cl2N2O3S. The van der Waals surface area contributed by atoms with E-state index >= 15 is 0 Å². The van der Waals surface area contributed by atoms with Crippen LogP contribution < -0.4 is 5.32 Å². The number of nitrogens with zero attached hydrogens (tertiary/aromatic N) is 1. The van der Waals surface area contributed by atoms with Crippen LogP contribution in [0.25, 0.3) is 0 Å². The van der Waals surface area contributed by atoms with Gasteiger partial charge >= 0.3 is 0 Å². The largest absolute Gasteiger partial charge is 0.349 e. The van der Waals surface area contributed by atoms with Gasteiger partial charge in [0.2, 0.25) is 15.9 Å². The van der Waals surface area contributed by atoms with Crippen LogP contribution in [-0.2, 0) is 33.4 Å². The molecule has 2 aromatic rings. The van der Waals surface area contributed by atoms with Crippen LogP contribution in [-0.4, -0.2) is 31.7 Å². The average molecular weight is 495 g/mol. The minimum Gasteiger partial charge on any atom is -0.349 e. The van der Waals surface area contributed by atoms with Crippen LogP contribution in [0.3, 0.4) is 0 Å². The van der Waals surface area contributed by atoms with Crippen LogP contribution in [0.4, 0.5) is 0 Å². The quantitative estimate of drug-likeness (QED) is 0.620. The highest BCUT2D eigenvalue weighted by Gasteiger charge is 2.32. The second-order valence-electron chi connectivity index (χ2n) is 8.78. The molecule has 32 heavy (non-hydrogen) atoms. The summed E-state index contributed by atoms with van der Waals surface area (Å²) in [4.78, 5) is 12.8. The van der Waals surface area contributed by atoms with E-state index in [-0.39, 0.29) is 23.6 Å². The number of piperidine rings is 1. The fourth-order valence-corrected chi connectivity index (χ4v) is 6.75. The molecule has 0 radical (unpaired) electrons. The first kappa shape index (κ1) is 23.6. The summed E-state index contributed by atoms with van der Waals surface area (Å²) in [5.74, 6) is -0.358. The van der Waals surface area contributed by atoms with Crippen LogP contribution >= 0.6 is 23.2 Å². The molecule has 1 aliphatic heterocycles. The fraction of sp³-hybridized carbons (Fsp3) is 0.458. The molecule has 1 saturated heterocycles. The number of sulfonamides is 1. The molecule has 2 aliphatic rings. The first-order valence-corrected chi connectivity index (χ1v) is 13.4. The van der Waals surface area contributed by atoms with Crippen molar-refractivity contribution in [2.45, 2.75) is 50.8 Å². The molecule has 1 N–H and O–H groups in total. The van der Waals surface area contributed by atoms with E-state index in [2.05, 4.69) is 23.5 Å². The molecule has 0 saturated carbocycles. The number of carbonyl (C=O) groups excluding carboxylic acids is 1. The van der Waals surface area contributed by atoms with Gasteiger partial charge in [0.25, 0.3) is 0 Å². The summed E-state index contributed by atoms with van der Waals surface area (Å²) < 4.78 is 27.2. The lowest BCUT2D eigenvalue weighted by atomic mass is 9.96. The molecule has 0 unspecified atom stereocenters. The number of rotatable bonds is 6. The minimum atomic E-state index is -3.52. The zero-order valence-electron chi connectivity index (χ0n) is 18.1. The molecule has 1 atom stereocenters. The normalized spacial score (nSPS) is 18.3. The zero-order valence-corrected chi connectivity index (χ0v) is 20.4. The number of benzene rings is 2. The number of hydrogen-bond acceptors (Lipinski definition) is 3. The molecule has 1 amide bonds. The second kappa shape index (κ2) is 9.72. The highest BCUT2D eigenvalue weighted by atomic mass is 35.5. The Labute approximate surface area is 200 Å². The summed E-state index contributed by atoms with van der Waals surface area (Å²) in [5.41, 5.74) is 4.46. The first-order valence-electron chi connectivity index (χ1n) is 11.1. The number of nitrogens with one attached hydrogen (secondary N) is 1. The van der Waals surface area contributed by atoms with Gasteiger partial charge in [0.05, 0.1) is 11.8 Å². The Morgan fingerprint density at radius 3 is 2.53 bits per heavy atom. The standard InChI is InChI=1S/C24H28Cl2N2O3S/c1-16(19-6-5-17-3-2-4-20(17)13-19)27-24(29)18-9-11-28(12-10-18)32(30,31)15-21-7-8-22(25)14-23(21)26/h5-8,13-14,16,18H,2-4,9-12,15H2,1H3,(H,27,29)/t16-/m0/s1. The van der Waals surface area contributed by atoms with Gasteiger partial charge in [0.1, 0.15) is 0 Å². The average Bonchev–Trinajstić information content (AvgIpc) is 3.23. The molecule has 4 rings (SSSR count). The van der Waals surface area contributed by atoms with E-state index in [9.17, 15) is 13.2 Å². The molecule has 5 nitrogen and oxygen atoms in total. The van der Waals surface area contributed by atoms with Crippen LogP contribution in [0.15, 0.2) is 36.4 Å². The first-order chi connectivity index (χ1) is 15.2. The molecule has 1 fully saturated rings. The third-order valence-electron chi connectivity index (χ3n) is 6.55. The van der Waals surface area contributed by atoms with Crippen molar-refractivity contribution in [2.24, 2.45) is 5.92 Å². The van der Waals surface area contributed by atoms with Gasteiger partial charge in [-0.3, -0.25) is 4.79 Å². The van der Waals surface area contributed by atoms with Crippen molar-refractivity contribution in [2.75, 3.05) is 13.1 Å². The van der Waals surface area contributed by atoms with Gasteiger partial charge in [-0.1, -0.05) is 47.5 Å². The maximum atomic E-state index is 12.9. The van der Waals surface area contributed by atoms with Crippen LogP contribution in [0.1, 0.15) is 54.5 Å². The third-order valence-corrected chi connectivity index (χ3v) is 8.97. The Morgan fingerprint density at radius 1 is 1.09 bits per heavy atom. The van der Waals surface area contributed by atoms with Crippen LogP contribution in [0, 0.1) is 5.92 Å². The predicted octanol–water partition coefficient (Wildman–Crippen LogP) is 4.90. The Morgan fingerprint density at radius 2 is 1.81 bits per heavy atom. The number of halogens is 2. The maximum Gasteiger partial charge on any atom is 0.223 e. The van der Waals surface area contributed by atoms with E-state index in [0.29, 0.717) is 41.5 Å². The van der Waals surface area contributed by atoms with Gasteiger partial charge in [-0.05, 0) is 73.4 Å². The number of hydrogen-bond donors (Lipinski definition) is 1. The van der Waals surface area contributed by atoms with Crippen molar-refractivity contribution in [3.05, 3.63) is 68.7 Å². The van der Waals surface area contributed by atoms with Crippen molar-refractivity contribution in [3.63, 3.8) is 0 Å². The SMILES string of the molecule is C[C@H](NC(=O)C1CCN(S(=O)(=O)Cc2ccc(Cl)cc2Cl)CC1)c1ccc2c(c1)CCC2. The Bertz CT molecular complexity index is 1110. The van der Waals surface area contributed by atoms with E-state index in [1.165, 1.54) is 21.9 Å². The van der Waals surface area contributed by atoms with Gasteiger partial charge in [0, 0.05) is 29.1 Å². The summed E-state index contributed by atoms with van der Waals surface area (Å²) >= 11 is 12.0. The molecule has 1 heterocycles. The number of amides is 1. The van der Waals surface area contributed by atoms with Gasteiger partial charge in [-0.15, -0.1) is 0 Å². The van der Waals surface area contributed by atoms with Crippen molar-refractivity contribution in [1.82, 2.24) is 9.62 Å². The lowest BCUT2D eigenvalue weighted by Crippen LogP contribution is -2.43. The van der Waals surface area contributed by atoms with Crippen molar-refractivity contribution in [1.29, 1.82) is 0 Å². The minimum absolute atomic E-state index is 0.00390. The predicted molar refractivity (Wildman–Crippen MR) is 128 cm³/mol. The summed E-state index contributed by atoms with van der Waals surface area (Å²) in [5, 5.41) is 3.94. The monoisotopic (exact) mass is 494 g/mol. The molecule has 0 bridgehead atoms. The van der Waals surface area contributed by atoms with Crippen molar-refractivity contribution in [3.8, 4) is 0 Å². The van der Waals surface area contributed by atoms with Gasteiger partial charge in [0.15, 0.2) is 0 Å². The van der Waals surface area contributed by atoms with Crippen LogP contribution in [0.5, 0.6) is 0 Å². The van der Waals surface area contributed by atoms with E-state index in [4.69, 9.17) is 23.2 Å². The van der Waals surface area contributed by atoms with Gasteiger partial charge < -0.3 is 5.32 Å². The maximum absolute atomic E-state index is 12.9. The van der Waals surface area contributed by atoms with E-state index < -0.39 is 10.0 Å². The van der Waals surface area contributed by atoms with E-state index in [1.54, 1.807) is 18.2 Å². The molecule has 2 aromatic carbocycles. The lowest BCUT2D eigenvalue weighted by molar-refractivity contribution is -0.126. The Balaban J connectivity index is 1.32. The number of fused-ring (bicyclic) bond motifs is 1. The van der Waals surface area contributed by atoms with Crippen molar-refractivity contribution >= 4 is 39.1 Å². The fourth-order valence-electron chi connectivity index (χ4n) is 4.60. The van der Waals surface area contributed by atoms with E-state index in [1.807, 2.05) is 6.92 Å². The molecule has 0 spiro atoms. The smallest absolute Gasteiger partial charge is 0.223 e. The van der Waals surface area contributed by atoms with E-state index in [0.717, 1.165) is 18.4 Å². The Hall–Kier alpha value is -1.60. The second-order valence-corrected chi connectivity index (χ2v) is 11.6. The topological polar surface area (TPSA) is 66.5 Å². The van der Waals surface area contributed by atoms with Crippen molar-refractivity contribution < 1.29 is 13.2 Å². The zero-order chi connectivity index (χ0) is 22.9. The highest BCUT2D eigenvalue weighted by molar-refractivity contribution is 7.88. The lowest BCUT2D eigenvalue weighted by Gasteiger charge is -2.31. The molecule has 1 aliphatic carbocycles. The molecule has 8 heteroatoms. The Kier molecular flexibility index (Phi) is 7.15. The molecular weight excluding hydrogens is 467 g/mol. The molecule has 172 valence electrons. The summed E-state index contributed by atoms with van der Waals surface area (Å²) in [6.45, 7) is 2.67. The van der Waals surface area contributed by atoms with Gasteiger partial charge in [-0.2, -0.15) is 0 Å². The van der Waals surface area contributed by atoms with Gasteiger partial charge in [-0.25, -0.2) is 12.7 Å². The number of carbonyl (C=O) groups is 1. The summed E-state index contributed by atoms with van der Waals surface area (Å²) in [7, 11) is -3.52. The van der Waals surface area contributed by atoms with Crippen LogP contribution in [0.2, 0.25) is 10.0 Å². The highest BCUT2D eigenvalue weighted by Crippen LogP contribution is 2.28. The number of aryl methyl sites for hydroxylation is 2. The summed E-state index contributed by atoms with van der Waals surface area (Å²) in [6, 6.07) is 11.3. The molecule has 0 aromatic heterocycles. The summed E-state index contributed by atoms with van der Waals surface area (Å²) in [6.07, 6.45) is 4.47.